The summed E-state index contributed by atoms with van der Waals surface area (Å²) in [5.41, 5.74) is 0. The first-order valence-electron chi connectivity index (χ1n) is 8.49. The van der Waals surface area contributed by atoms with Crippen molar-refractivity contribution in [1.29, 1.82) is 0 Å². The van der Waals surface area contributed by atoms with E-state index in [9.17, 15) is 4.79 Å². The van der Waals surface area contributed by atoms with Crippen LogP contribution in [0.15, 0.2) is 35.2 Å². The summed E-state index contributed by atoms with van der Waals surface area (Å²) in [7, 11) is 0. The van der Waals surface area contributed by atoms with Gasteiger partial charge in [0, 0.05) is 24.5 Å². The van der Waals surface area contributed by atoms with Crippen molar-refractivity contribution in [3.63, 3.8) is 0 Å². The Hall–Kier alpha value is -1.00. The minimum absolute atomic E-state index is 0.306. The molecule has 0 aromatic heterocycles. The van der Waals surface area contributed by atoms with E-state index in [2.05, 4.69) is 21.9 Å². The van der Waals surface area contributed by atoms with Crippen molar-refractivity contribution < 1.29 is 4.79 Å². The van der Waals surface area contributed by atoms with E-state index in [-0.39, 0.29) is 0 Å². The third-order valence-electron chi connectivity index (χ3n) is 4.69. The largest absolute Gasteiger partial charge is 0.342 e. The van der Waals surface area contributed by atoms with Crippen molar-refractivity contribution in [2.75, 3.05) is 38.5 Å². The van der Waals surface area contributed by atoms with Crippen LogP contribution in [0.1, 0.15) is 25.7 Å². The SMILES string of the molecule is O=C(CSc1ccccc1)N1CCC[C@H](CN2CCCC2)C1. The van der Waals surface area contributed by atoms with Crippen molar-refractivity contribution in [1.82, 2.24) is 9.80 Å². The van der Waals surface area contributed by atoms with Crippen LogP contribution in [0.5, 0.6) is 0 Å². The maximum absolute atomic E-state index is 12.4. The van der Waals surface area contributed by atoms with Gasteiger partial charge in [-0.25, -0.2) is 0 Å². The highest BCUT2D eigenvalue weighted by Gasteiger charge is 2.25. The lowest BCUT2D eigenvalue weighted by Crippen LogP contribution is -2.44. The molecule has 2 saturated heterocycles. The predicted molar refractivity (Wildman–Crippen MR) is 92.1 cm³/mol. The second-order valence-electron chi connectivity index (χ2n) is 6.46. The van der Waals surface area contributed by atoms with Crippen molar-refractivity contribution in [3.8, 4) is 0 Å². The second kappa shape index (κ2) is 8.02. The molecule has 120 valence electrons. The number of hydrogen-bond donors (Lipinski definition) is 0. The van der Waals surface area contributed by atoms with Gasteiger partial charge in [0.1, 0.15) is 0 Å². The molecular weight excluding hydrogens is 292 g/mol. The average molecular weight is 318 g/mol. The van der Waals surface area contributed by atoms with Crippen LogP contribution in [0.3, 0.4) is 0 Å². The van der Waals surface area contributed by atoms with Gasteiger partial charge in [0.05, 0.1) is 5.75 Å². The van der Waals surface area contributed by atoms with E-state index in [4.69, 9.17) is 0 Å². The average Bonchev–Trinajstić information content (AvgIpc) is 3.07. The number of amides is 1. The predicted octanol–water partition coefficient (Wildman–Crippen LogP) is 3.11. The summed E-state index contributed by atoms with van der Waals surface area (Å²) >= 11 is 1.65. The first kappa shape index (κ1) is 15.9. The number of nitrogens with zero attached hydrogens (tertiary/aromatic N) is 2. The maximum atomic E-state index is 12.4. The van der Waals surface area contributed by atoms with E-state index < -0.39 is 0 Å². The Kier molecular flexibility index (Phi) is 5.79. The minimum atomic E-state index is 0.306. The maximum Gasteiger partial charge on any atom is 0.232 e. The van der Waals surface area contributed by atoms with E-state index in [0.29, 0.717) is 17.6 Å². The lowest BCUT2D eigenvalue weighted by Gasteiger charge is -2.34. The second-order valence-corrected chi connectivity index (χ2v) is 7.51. The van der Waals surface area contributed by atoms with Crippen molar-refractivity contribution in [2.45, 2.75) is 30.6 Å². The number of carbonyl (C=O) groups is 1. The van der Waals surface area contributed by atoms with Crippen molar-refractivity contribution in [2.24, 2.45) is 5.92 Å². The van der Waals surface area contributed by atoms with Crippen molar-refractivity contribution >= 4 is 17.7 Å². The van der Waals surface area contributed by atoms with Crippen molar-refractivity contribution in [3.05, 3.63) is 30.3 Å². The van der Waals surface area contributed by atoms with Crippen LogP contribution in [0.4, 0.5) is 0 Å². The fourth-order valence-corrected chi connectivity index (χ4v) is 4.35. The lowest BCUT2D eigenvalue weighted by atomic mass is 9.97. The lowest BCUT2D eigenvalue weighted by molar-refractivity contribution is -0.130. The van der Waals surface area contributed by atoms with Gasteiger partial charge in [-0.05, 0) is 56.8 Å². The zero-order valence-corrected chi connectivity index (χ0v) is 14.1. The van der Waals surface area contributed by atoms with Crippen LogP contribution >= 0.6 is 11.8 Å². The quantitative estimate of drug-likeness (QED) is 0.779. The Morgan fingerprint density at radius 1 is 1.09 bits per heavy atom. The highest BCUT2D eigenvalue weighted by molar-refractivity contribution is 8.00. The van der Waals surface area contributed by atoms with Gasteiger partial charge >= 0.3 is 0 Å². The molecular formula is C18H26N2OS. The molecule has 0 saturated carbocycles. The van der Waals surface area contributed by atoms with E-state index in [0.717, 1.165) is 13.1 Å². The smallest absolute Gasteiger partial charge is 0.232 e. The molecule has 0 N–H and O–H groups in total. The number of thioether (sulfide) groups is 1. The molecule has 0 radical (unpaired) electrons. The monoisotopic (exact) mass is 318 g/mol. The van der Waals surface area contributed by atoms with Gasteiger partial charge in [-0.1, -0.05) is 18.2 Å². The van der Waals surface area contributed by atoms with Crippen LogP contribution in [-0.2, 0) is 4.79 Å². The summed E-state index contributed by atoms with van der Waals surface area (Å²) in [6, 6.07) is 10.2. The van der Waals surface area contributed by atoms with Gasteiger partial charge in [0.2, 0.25) is 5.91 Å². The van der Waals surface area contributed by atoms with Gasteiger partial charge in [-0.15, -0.1) is 11.8 Å². The van der Waals surface area contributed by atoms with Gasteiger partial charge in [-0.3, -0.25) is 4.79 Å². The summed E-state index contributed by atoms with van der Waals surface area (Å²) in [4.78, 5) is 18.3. The Bertz CT molecular complexity index is 473. The van der Waals surface area contributed by atoms with E-state index in [1.807, 2.05) is 18.2 Å². The molecule has 4 heteroatoms. The topological polar surface area (TPSA) is 23.6 Å². The number of piperidine rings is 1. The summed E-state index contributed by atoms with van der Waals surface area (Å²) in [5, 5.41) is 0. The molecule has 0 spiro atoms. The first-order valence-corrected chi connectivity index (χ1v) is 9.48. The molecule has 1 aromatic rings. The molecule has 22 heavy (non-hydrogen) atoms. The zero-order valence-electron chi connectivity index (χ0n) is 13.2. The molecule has 2 aliphatic heterocycles. The van der Waals surface area contributed by atoms with Gasteiger partial charge in [-0.2, -0.15) is 0 Å². The number of likely N-dealkylation sites (tertiary alicyclic amines) is 2. The summed E-state index contributed by atoms with van der Waals surface area (Å²) in [5.74, 6) is 1.55. The third-order valence-corrected chi connectivity index (χ3v) is 5.69. The molecule has 3 rings (SSSR count). The molecule has 0 bridgehead atoms. The Labute approximate surface area is 138 Å². The molecule has 0 unspecified atom stereocenters. The van der Waals surface area contributed by atoms with Crippen LogP contribution < -0.4 is 0 Å². The molecule has 2 aliphatic rings. The molecule has 3 nitrogen and oxygen atoms in total. The minimum Gasteiger partial charge on any atom is -0.342 e. The van der Waals surface area contributed by atoms with Gasteiger partial charge in [0.15, 0.2) is 0 Å². The fourth-order valence-electron chi connectivity index (χ4n) is 3.52. The molecule has 0 aliphatic carbocycles. The number of hydrogen-bond acceptors (Lipinski definition) is 3. The molecule has 2 heterocycles. The van der Waals surface area contributed by atoms with E-state index in [1.54, 1.807) is 11.8 Å². The first-order chi connectivity index (χ1) is 10.8. The van der Waals surface area contributed by atoms with Crippen LogP contribution in [0.2, 0.25) is 0 Å². The standard InChI is InChI=1S/C18H26N2OS/c21-18(15-22-17-8-2-1-3-9-17)20-12-6-7-16(14-20)13-19-10-4-5-11-19/h1-3,8-9,16H,4-7,10-15H2/t16-/m1/s1. The number of rotatable bonds is 5. The van der Waals surface area contributed by atoms with Crippen LogP contribution in [0, 0.1) is 5.92 Å². The highest BCUT2D eigenvalue weighted by Crippen LogP contribution is 2.22. The molecule has 2 fully saturated rings. The zero-order chi connectivity index (χ0) is 15.2. The van der Waals surface area contributed by atoms with Crippen LogP contribution in [-0.4, -0.2) is 54.2 Å². The van der Waals surface area contributed by atoms with Gasteiger partial charge < -0.3 is 9.80 Å². The van der Waals surface area contributed by atoms with Gasteiger partial charge in [0.25, 0.3) is 0 Å². The third kappa shape index (κ3) is 4.50. The Morgan fingerprint density at radius 3 is 2.64 bits per heavy atom. The number of benzene rings is 1. The highest BCUT2D eigenvalue weighted by atomic mass is 32.2. The Morgan fingerprint density at radius 2 is 1.86 bits per heavy atom. The molecule has 1 atom stereocenters. The Balaban J connectivity index is 1.45. The van der Waals surface area contributed by atoms with E-state index >= 15 is 0 Å². The normalized spacial score (nSPS) is 22.9. The fraction of sp³-hybridized carbons (Fsp3) is 0.611. The molecule has 1 aromatic carbocycles. The number of carbonyl (C=O) groups excluding carboxylic acids is 1. The van der Waals surface area contributed by atoms with E-state index in [1.165, 1.54) is 50.2 Å². The molecule has 1 amide bonds. The summed E-state index contributed by atoms with van der Waals surface area (Å²) < 4.78 is 0. The van der Waals surface area contributed by atoms with Crippen LogP contribution in [0.25, 0.3) is 0 Å². The summed E-state index contributed by atoms with van der Waals surface area (Å²) in [6.07, 6.45) is 5.15. The summed E-state index contributed by atoms with van der Waals surface area (Å²) in [6.45, 7) is 5.62.